The number of hydrogen-bond acceptors (Lipinski definition) is 7. The predicted molar refractivity (Wildman–Crippen MR) is 63.7 cm³/mol. The quantitative estimate of drug-likeness (QED) is 0.548. The number of nitrogens with one attached hydrogen (secondary N) is 1. The van der Waals surface area contributed by atoms with Crippen molar-refractivity contribution in [1.82, 2.24) is 15.3 Å². The molecule has 8 heteroatoms. The largest absolute Gasteiger partial charge is 0.476 e. The average molecular weight is 256 g/mol. The SMILES string of the molecule is CNC(COC)Cc1ncnc(OC)c1[N+](=O)[O-]. The van der Waals surface area contributed by atoms with Crippen LogP contribution in [0.5, 0.6) is 5.88 Å². The first-order chi connectivity index (χ1) is 8.63. The monoisotopic (exact) mass is 256 g/mol. The van der Waals surface area contributed by atoms with Crippen LogP contribution in [0.2, 0.25) is 0 Å². The maximum atomic E-state index is 11.0. The minimum absolute atomic E-state index is 0.0303. The fraction of sp³-hybridized carbons (Fsp3) is 0.600. The molecule has 1 N–H and O–H groups in total. The molecule has 18 heavy (non-hydrogen) atoms. The molecule has 1 rings (SSSR count). The third-order valence-electron chi connectivity index (χ3n) is 2.46. The van der Waals surface area contributed by atoms with E-state index in [9.17, 15) is 10.1 Å². The fourth-order valence-electron chi connectivity index (χ4n) is 1.56. The van der Waals surface area contributed by atoms with Crippen LogP contribution in [0.3, 0.4) is 0 Å². The number of nitro groups is 1. The van der Waals surface area contributed by atoms with E-state index in [1.54, 1.807) is 14.2 Å². The molecule has 0 saturated carbocycles. The summed E-state index contributed by atoms with van der Waals surface area (Å²) in [4.78, 5) is 18.2. The maximum absolute atomic E-state index is 11.0. The molecule has 0 aliphatic rings. The lowest BCUT2D eigenvalue weighted by molar-refractivity contribution is -0.387. The number of hydrogen-bond donors (Lipinski definition) is 1. The van der Waals surface area contributed by atoms with E-state index in [0.29, 0.717) is 18.7 Å². The number of methoxy groups -OCH3 is 2. The minimum atomic E-state index is -0.534. The van der Waals surface area contributed by atoms with Crippen LogP contribution in [0.15, 0.2) is 6.33 Å². The van der Waals surface area contributed by atoms with Gasteiger partial charge in [0.2, 0.25) is 0 Å². The molecule has 0 fully saturated rings. The smallest absolute Gasteiger partial charge is 0.352 e. The van der Waals surface area contributed by atoms with E-state index in [1.807, 2.05) is 0 Å². The van der Waals surface area contributed by atoms with Gasteiger partial charge in [0, 0.05) is 19.6 Å². The lowest BCUT2D eigenvalue weighted by Gasteiger charge is -2.14. The molecule has 0 aromatic carbocycles. The molecule has 0 amide bonds. The van der Waals surface area contributed by atoms with Crippen LogP contribution < -0.4 is 10.1 Å². The van der Waals surface area contributed by atoms with Gasteiger partial charge >= 0.3 is 5.69 Å². The molecule has 0 radical (unpaired) electrons. The Kier molecular flexibility index (Phi) is 5.40. The standard InChI is InChI=1S/C10H16N4O4/c1-11-7(5-17-2)4-8-9(14(15)16)10(18-3)13-6-12-8/h6-7,11H,4-5H2,1-3H3. The third kappa shape index (κ3) is 3.34. The summed E-state index contributed by atoms with van der Waals surface area (Å²) in [7, 11) is 4.66. The van der Waals surface area contributed by atoms with Crippen molar-refractivity contribution < 1.29 is 14.4 Å². The van der Waals surface area contributed by atoms with Gasteiger partial charge in [0.25, 0.3) is 5.88 Å². The van der Waals surface area contributed by atoms with Crippen molar-refractivity contribution in [3.05, 3.63) is 22.1 Å². The zero-order valence-electron chi connectivity index (χ0n) is 10.5. The van der Waals surface area contributed by atoms with Crippen molar-refractivity contribution in [3.8, 4) is 5.88 Å². The minimum Gasteiger partial charge on any atom is -0.476 e. The highest BCUT2D eigenvalue weighted by Gasteiger charge is 2.25. The predicted octanol–water partition coefficient (Wildman–Crippen LogP) is 0.170. The van der Waals surface area contributed by atoms with E-state index in [0.717, 1.165) is 0 Å². The molecule has 0 saturated heterocycles. The van der Waals surface area contributed by atoms with Crippen LogP contribution in [-0.4, -0.2) is 48.8 Å². The van der Waals surface area contributed by atoms with Crippen LogP contribution in [0.1, 0.15) is 5.69 Å². The van der Waals surface area contributed by atoms with Gasteiger partial charge in [0.1, 0.15) is 12.0 Å². The normalized spacial score (nSPS) is 12.2. The van der Waals surface area contributed by atoms with Gasteiger partial charge < -0.3 is 14.8 Å². The van der Waals surface area contributed by atoms with Gasteiger partial charge in [-0.2, -0.15) is 4.98 Å². The van der Waals surface area contributed by atoms with Crippen molar-refractivity contribution in [1.29, 1.82) is 0 Å². The molecule has 0 spiro atoms. The molecule has 1 unspecified atom stereocenters. The topological polar surface area (TPSA) is 99.4 Å². The second-order valence-electron chi connectivity index (χ2n) is 3.58. The number of likely N-dealkylation sites (N-methyl/N-ethyl adjacent to an activating group) is 1. The zero-order valence-corrected chi connectivity index (χ0v) is 10.5. The lowest BCUT2D eigenvalue weighted by Crippen LogP contribution is -2.32. The molecule has 1 aromatic heterocycles. The molecule has 1 aromatic rings. The summed E-state index contributed by atoms with van der Waals surface area (Å²) < 4.78 is 9.90. The average Bonchev–Trinajstić information content (AvgIpc) is 2.37. The van der Waals surface area contributed by atoms with Gasteiger partial charge in [-0.15, -0.1) is 0 Å². The summed E-state index contributed by atoms with van der Waals surface area (Å²) in [6.45, 7) is 0.431. The molecule has 0 bridgehead atoms. The maximum Gasteiger partial charge on any atom is 0.352 e. The number of aromatic nitrogens is 2. The van der Waals surface area contributed by atoms with E-state index in [4.69, 9.17) is 9.47 Å². The van der Waals surface area contributed by atoms with E-state index in [-0.39, 0.29) is 17.6 Å². The van der Waals surface area contributed by atoms with Crippen molar-refractivity contribution in [3.63, 3.8) is 0 Å². The molecule has 100 valence electrons. The number of ether oxygens (including phenoxy) is 2. The van der Waals surface area contributed by atoms with Gasteiger partial charge in [-0.3, -0.25) is 10.1 Å². The van der Waals surface area contributed by atoms with Crippen molar-refractivity contribution >= 4 is 5.69 Å². The Labute approximate surface area is 104 Å². The Morgan fingerprint density at radius 3 is 2.72 bits per heavy atom. The first kappa shape index (κ1) is 14.3. The first-order valence-corrected chi connectivity index (χ1v) is 5.32. The zero-order chi connectivity index (χ0) is 13.5. The first-order valence-electron chi connectivity index (χ1n) is 5.32. The Morgan fingerprint density at radius 2 is 2.22 bits per heavy atom. The van der Waals surface area contributed by atoms with Crippen LogP contribution in [0, 0.1) is 10.1 Å². The molecule has 0 aliphatic carbocycles. The molecule has 0 aliphatic heterocycles. The summed E-state index contributed by atoms with van der Waals surface area (Å²) in [5.74, 6) is -0.0303. The number of nitrogens with zero attached hydrogens (tertiary/aromatic N) is 3. The molecular weight excluding hydrogens is 240 g/mol. The summed E-state index contributed by atoms with van der Waals surface area (Å²) in [6, 6.07) is -0.0618. The van der Waals surface area contributed by atoms with Crippen LogP contribution >= 0.6 is 0 Å². The summed E-state index contributed by atoms with van der Waals surface area (Å²) in [5, 5.41) is 14.0. The van der Waals surface area contributed by atoms with E-state index in [2.05, 4.69) is 15.3 Å². The Bertz CT molecular complexity index is 413. The van der Waals surface area contributed by atoms with Gasteiger partial charge in [0.05, 0.1) is 18.6 Å². The fourth-order valence-corrected chi connectivity index (χ4v) is 1.56. The van der Waals surface area contributed by atoms with E-state index >= 15 is 0 Å². The van der Waals surface area contributed by atoms with Crippen molar-refractivity contribution in [2.75, 3.05) is 27.9 Å². The Balaban J connectivity index is 3.03. The van der Waals surface area contributed by atoms with Crippen molar-refractivity contribution in [2.45, 2.75) is 12.5 Å². The van der Waals surface area contributed by atoms with Gasteiger partial charge in [0.15, 0.2) is 0 Å². The second-order valence-corrected chi connectivity index (χ2v) is 3.58. The van der Waals surface area contributed by atoms with E-state index < -0.39 is 4.92 Å². The molecular formula is C10H16N4O4. The second kappa shape index (κ2) is 6.82. The van der Waals surface area contributed by atoms with Crippen LogP contribution in [0.25, 0.3) is 0 Å². The van der Waals surface area contributed by atoms with E-state index in [1.165, 1.54) is 13.4 Å². The highest BCUT2D eigenvalue weighted by atomic mass is 16.6. The molecule has 1 atom stereocenters. The third-order valence-corrected chi connectivity index (χ3v) is 2.46. The molecule has 8 nitrogen and oxygen atoms in total. The van der Waals surface area contributed by atoms with Gasteiger partial charge in [-0.05, 0) is 7.05 Å². The summed E-state index contributed by atoms with van der Waals surface area (Å²) in [6.07, 6.45) is 1.61. The summed E-state index contributed by atoms with van der Waals surface area (Å²) in [5.41, 5.74) is 0.125. The lowest BCUT2D eigenvalue weighted by atomic mass is 10.1. The van der Waals surface area contributed by atoms with Gasteiger partial charge in [-0.25, -0.2) is 4.98 Å². The number of rotatable bonds is 7. The highest BCUT2D eigenvalue weighted by Crippen LogP contribution is 2.27. The van der Waals surface area contributed by atoms with Crippen LogP contribution in [0.4, 0.5) is 5.69 Å². The van der Waals surface area contributed by atoms with Gasteiger partial charge in [-0.1, -0.05) is 0 Å². The summed E-state index contributed by atoms with van der Waals surface area (Å²) >= 11 is 0. The van der Waals surface area contributed by atoms with Crippen molar-refractivity contribution in [2.24, 2.45) is 0 Å². The van der Waals surface area contributed by atoms with Crippen LogP contribution in [-0.2, 0) is 11.2 Å². The highest BCUT2D eigenvalue weighted by molar-refractivity contribution is 5.44. The Morgan fingerprint density at radius 1 is 1.50 bits per heavy atom. The Hall–Kier alpha value is -1.80. The molecule has 1 heterocycles.